The van der Waals surface area contributed by atoms with Crippen molar-refractivity contribution >= 4 is 11.8 Å². The Balaban J connectivity index is 2.01. The van der Waals surface area contributed by atoms with E-state index in [0.717, 1.165) is 10.5 Å². The summed E-state index contributed by atoms with van der Waals surface area (Å²) in [6.45, 7) is 0.259. The van der Waals surface area contributed by atoms with Crippen LogP contribution in [-0.2, 0) is 16.0 Å². The summed E-state index contributed by atoms with van der Waals surface area (Å²) in [6, 6.07) is 4.41. The predicted molar refractivity (Wildman–Crippen MR) is 59.3 cm³/mol. The van der Waals surface area contributed by atoms with Crippen molar-refractivity contribution in [1.82, 2.24) is 4.90 Å². The molecule has 1 aliphatic rings. The van der Waals surface area contributed by atoms with Gasteiger partial charge in [-0.2, -0.15) is 0 Å². The highest BCUT2D eigenvalue weighted by atomic mass is 16.3. The molecule has 5 nitrogen and oxygen atoms in total. The van der Waals surface area contributed by atoms with Crippen LogP contribution in [0.4, 0.5) is 0 Å². The molecule has 0 radical (unpaired) electrons. The molecule has 1 aromatic rings. The van der Waals surface area contributed by atoms with Crippen LogP contribution in [0.3, 0.4) is 0 Å². The van der Waals surface area contributed by atoms with Crippen molar-refractivity contribution in [1.29, 1.82) is 0 Å². The summed E-state index contributed by atoms with van der Waals surface area (Å²) in [5.41, 5.74) is 0.743. The predicted octanol–water partition coefficient (Wildman–Crippen LogP) is 0.565. The van der Waals surface area contributed by atoms with Gasteiger partial charge < -0.3 is 10.2 Å². The number of phenols is 2. The lowest BCUT2D eigenvalue weighted by Gasteiger charge is -2.13. The van der Waals surface area contributed by atoms with E-state index in [-0.39, 0.29) is 29.9 Å². The summed E-state index contributed by atoms with van der Waals surface area (Å²) in [5, 5.41) is 18.4. The molecule has 1 aliphatic heterocycles. The molecule has 5 heteroatoms. The number of aromatic hydroxyl groups is 2. The number of rotatable bonds is 3. The minimum absolute atomic E-state index is 0.191. The molecule has 0 spiro atoms. The first-order valence-electron chi connectivity index (χ1n) is 5.12. The maximum absolute atomic E-state index is 11.3. The quantitative estimate of drug-likeness (QED) is 0.591. The number of benzene rings is 1. The Labute approximate surface area is 97.6 Å². The molecule has 17 heavy (non-hydrogen) atoms. The minimum Gasteiger partial charge on any atom is -0.504 e. The van der Waals surface area contributed by atoms with Crippen LogP contribution in [0.25, 0.3) is 0 Å². The van der Waals surface area contributed by atoms with E-state index in [2.05, 4.69) is 0 Å². The largest absolute Gasteiger partial charge is 0.504 e. The summed E-state index contributed by atoms with van der Waals surface area (Å²) in [4.78, 5) is 23.6. The van der Waals surface area contributed by atoms with Crippen molar-refractivity contribution in [2.24, 2.45) is 0 Å². The number of amides is 2. The van der Waals surface area contributed by atoms with E-state index in [9.17, 15) is 14.7 Å². The van der Waals surface area contributed by atoms with Gasteiger partial charge in [-0.1, -0.05) is 6.07 Å². The molecule has 0 saturated carbocycles. The second-order valence-electron chi connectivity index (χ2n) is 3.73. The molecule has 0 atom stereocenters. The molecule has 1 aromatic carbocycles. The highest BCUT2D eigenvalue weighted by molar-refractivity contribution is 6.12. The van der Waals surface area contributed by atoms with Gasteiger partial charge in [0.25, 0.3) is 11.8 Å². The fourth-order valence-corrected chi connectivity index (χ4v) is 1.62. The lowest BCUT2D eigenvalue weighted by Crippen LogP contribution is -2.31. The fourth-order valence-electron chi connectivity index (χ4n) is 1.62. The molecule has 2 N–H and O–H groups in total. The zero-order chi connectivity index (χ0) is 12.4. The van der Waals surface area contributed by atoms with Crippen molar-refractivity contribution in [2.75, 3.05) is 6.54 Å². The first-order chi connectivity index (χ1) is 8.08. The Morgan fingerprint density at radius 3 is 2.24 bits per heavy atom. The maximum Gasteiger partial charge on any atom is 0.253 e. The summed E-state index contributed by atoms with van der Waals surface area (Å²) < 4.78 is 0. The number of carbonyl (C=O) groups is 2. The lowest BCUT2D eigenvalue weighted by molar-refractivity contribution is -0.136. The third kappa shape index (κ3) is 2.28. The van der Waals surface area contributed by atoms with Gasteiger partial charge in [-0.05, 0) is 24.1 Å². The molecule has 0 saturated heterocycles. The summed E-state index contributed by atoms with van der Waals surface area (Å²) in [6.07, 6.45) is 2.90. The van der Waals surface area contributed by atoms with Crippen LogP contribution >= 0.6 is 0 Å². The Kier molecular flexibility index (Phi) is 2.82. The Morgan fingerprint density at radius 1 is 1.00 bits per heavy atom. The van der Waals surface area contributed by atoms with Gasteiger partial charge in [0.2, 0.25) is 0 Å². The number of hydrogen-bond acceptors (Lipinski definition) is 4. The standard InChI is InChI=1S/C12H11NO4/c14-9-2-1-8(7-10(9)15)5-6-13-11(16)3-4-12(13)17/h1-4,7,14-15H,5-6H2. The molecule has 0 bridgehead atoms. The van der Waals surface area contributed by atoms with Crippen molar-refractivity contribution in [3.63, 3.8) is 0 Å². The zero-order valence-corrected chi connectivity index (χ0v) is 8.96. The second kappa shape index (κ2) is 4.29. The molecule has 0 fully saturated rings. The Bertz CT molecular complexity index is 489. The van der Waals surface area contributed by atoms with E-state index in [4.69, 9.17) is 5.11 Å². The average molecular weight is 233 g/mol. The topological polar surface area (TPSA) is 77.8 Å². The summed E-state index contributed by atoms with van der Waals surface area (Å²) >= 11 is 0. The van der Waals surface area contributed by atoms with Crippen molar-refractivity contribution in [3.8, 4) is 11.5 Å². The third-order valence-electron chi connectivity index (χ3n) is 2.56. The second-order valence-corrected chi connectivity index (χ2v) is 3.73. The van der Waals surface area contributed by atoms with E-state index < -0.39 is 0 Å². The van der Waals surface area contributed by atoms with Gasteiger partial charge in [0.1, 0.15) is 0 Å². The maximum atomic E-state index is 11.3. The summed E-state index contributed by atoms with van der Waals surface area (Å²) in [5.74, 6) is -1.04. The highest BCUT2D eigenvalue weighted by Crippen LogP contribution is 2.25. The molecule has 1 heterocycles. The van der Waals surface area contributed by atoms with Gasteiger partial charge in [-0.3, -0.25) is 14.5 Å². The van der Waals surface area contributed by atoms with Crippen LogP contribution in [-0.4, -0.2) is 33.5 Å². The van der Waals surface area contributed by atoms with Gasteiger partial charge in [0.05, 0.1) is 0 Å². The van der Waals surface area contributed by atoms with Crippen molar-refractivity contribution in [3.05, 3.63) is 35.9 Å². The van der Waals surface area contributed by atoms with Gasteiger partial charge in [-0.15, -0.1) is 0 Å². The average Bonchev–Trinajstić information content (AvgIpc) is 2.61. The SMILES string of the molecule is O=C1C=CC(=O)N1CCc1ccc(O)c(O)c1. The van der Waals surface area contributed by atoms with Crippen LogP contribution in [0.1, 0.15) is 5.56 Å². The smallest absolute Gasteiger partial charge is 0.253 e. The number of hydrogen-bond donors (Lipinski definition) is 2. The van der Waals surface area contributed by atoms with E-state index in [1.54, 1.807) is 6.07 Å². The van der Waals surface area contributed by atoms with E-state index in [1.807, 2.05) is 0 Å². The zero-order valence-electron chi connectivity index (χ0n) is 8.96. The molecule has 88 valence electrons. The normalized spacial score (nSPS) is 14.7. The molecule has 2 rings (SSSR count). The Morgan fingerprint density at radius 2 is 1.65 bits per heavy atom. The van der Waals surface area contributed by atoms with E-state index >= 15 is 0 Å². The fraction of sp³-hybridized carbons (Fsp3) is 0.167. The van der Waals surface area contributed by atoms with Crippen LogP contribution in [0.2, 0.25) is 0 Å². The van der Waals surface area contributed by atoms with E-state index in [1.165, 1.54) is 24.3 Å². The van der Waals surface area contributed by atoms with Crippen LogP contribution in [0, 0.1) is 0 Å². The van der Waals surface area contributed by atoms with Gasteiger partial charge in [0.15, 0.2) is 11.5 Å². The van der Waals surface area contributed by atoms with Crippen molar-refractivity contribution in [2.45, 2.75) is 6.42 Å². The monoisotopic (exact) mass is 233 g/mol. The molecule has 0 aliphatic carbocycles. The minimum atomic E-state index is -0.321. The number of phenolic OH excluding ortho intramolecular Hbond substituents is 2. The molecule has 2 amide bonds. The third-order valence-corrected chi connectivity index (χ3v) is 2.56. The van der Waals surface area contributed by atoms with Gasteiger partial charge >= 0.3 is 0 Å². The van der Waals surface area contributed by atoms with Crippen LogP contribution in [0.15, 0.2) is 30.4 Å². The first-order valence-corrected chi connectivity index (χ1v) is 5.12. The molecule has 0 aromatic heterocycles. The van der Waals surface area contributed by atoms with E-state index in [0.29, 0.717) is 6.42 Å². The van der Waals surface area contributed by atoms with Gasteiger partial charge in [-0.25, -0.2) is 0 Å². The lowest BCUT2D eigenvalue weighted by atomic mass is 10.1. The van der Waals surface area contributed by atoms with Crippen LogP contribution < -0.4 is 0 Å². The molecular formula is C12H11NO4. The number of imide groups is 1. The Hall–Kier alpha value is -2.30. The highest BCUT2D eigenvalue weighted by Gasteiger charge is 2.22. The van der Waals surface area contributed by atoms with Crippen molar-refractivity contribution < 1.29 is 19.8 Å². The first kappa shape index (κ1) is 11.2. The summed E-state index contributed by atoms with van der Waals surface area (Å²) in [7, 11) is 0. The van der Waals surface area contributed by atoms with Crippen LogP contribution in [0.5, 0.6) is 11.5 Å². The molecule has 0 unspecified atom stereocenters. The number of carbonyl (C=O) groups excluding carboxylic acids is 2. The molecular weight excluding hydrogens is 222 g/mol. The number of nitrogens with zero attached hydrogens (tertiary/aromatic N) is 1. The van der Waals surface area contributed by atoms with Gasteiger partial charge in [0, 0.05) is 18.7 Å².